The van der Waals surface area contributed by atoms with E-state index in [4.69, 9.17) is 5.11 Å². The van der Waals surface area contributed by atoms with Gasteiger partial charge < -0.3 is 15.3 Å². The van der Waals surface area contributed by atoms with Gasteiger partial charge in [-0.05, 0) is 49.4 Å². The van der Waals surface area contributed by atoms with E-state index < -0.39 is 0 Å². The van der Waals surface area contributed by atoms with Crippen molar-refractivity contribution in [1.82, 2.24) is 5.32 Å². The molecule has 1 heterocycles. The molecular weight excluding hydrogens is 316 g/mol. The van der Waals surface area contributed by atoms with Crippen molar-refractivity contribution in [2.24, 2.45) is 5.92 Å². The van der Waals surface area contributed by atoms with Gasteiger partial charge >= 0.3 is 0 Å². The lowest BCUT2D eigenvalue weighted by molar-refractivity contribution is 0.263. The number of halogens is 1. The number of aliphatic hydroxyl groups excluding tert-OH is 1. The molecule has 1 aliphatic rings. The van der Waals surface area contributed by atoms with Crippen molar-refractivity contribution in [2.75, 3.05) is 31.1 Å². The Morgan fingerprint density at radius 1 is 1.45 bits per heavy atom. The predicted octanol–water partition coefficient (Wildman–Crippen LogP) is 3.16. The van der Waals surface area contributed by atoms with Crippen molar-refractivity contribution in [1.29, 1.82) is 0 Å². The summed E-state index contributed by atoms with van der Waals surface area (Å²) in [5.41, 5.74) is 2.60. The minimum Gasteiger partial charge on any atom is -0.396 e. The van der Waals surface area contributed by atoms with Gasteiger partial charge in [-0.25, -0.2) is 0 Å². The van der Waals surface area contributed by atoms with Crippen molar-refractivity contribution < 1.29 is 5.11 Å². The van der Waals surface area contributed by atoms with Crippen LogP contribution in [0, 0.1) is 5.92 Å². The standard InChI is InChI=1S/C16H25BrN2O/c1-2-7-18-11-14-3-4-15(10-16(14)17)19-8-5-13(12-19)6-9-20/h3-4,10,13,18,20H,2,5-9,11-12H2,1H3. The van der Waals surface area contributed by atoms with Crippen LogP contribution in [0.3, 0.4) is 0 Å². The third-order valence-corrected chi connectivity index (χ3v) is 4.71. The maximum absolute atomic E-state index is 9.03. The van der Waals surface area contributed by atoms with Crippen molar-refractivity contribution >= 4 is 21.6 Å². The first kappa shape index (κ1) is 15.8. The molecule has 0 amide bonds. The van der Waals surface area contributed by atoms with Gasteiger partial charge in [0, 0.05) is 36.4 Å². The maximum Gasteiger partial charge on any atom is 0.0434 e. The van der Waals surface area contributed by atoms with Gasteiger partial charge in [0.15, 0.2) is 0 Å². The molecule has 0 bridgehead atoms. The molecule has 4 heteroatoms. The van der Waals surface area contributed by atoms with Gasteiger partial charge in [0.1, 0.15) is 0 Å². The molecule has 0 radical (unpaired) electrons. The van der Waals surface area contributed by atoms with Crippen molar-refractivity contribution in [2.45, 2.75) is 32.7 Å². The summed E-state index contributed by atoms with van der Waals surface area (Å²) in [6.45, 7) is 6.64. The fourth-order valence-corrected chi connectivity index (χ4v) is 3.27. The molecule has 3 nitrogen and oxygen atoms in total. The molecule has 0 aliphatic carbocycles. The SMILES string of the molecule is CCCNCc1ccc(N2CCC(CCO)C2)cc1Br. The average Bonchev–Trinajstić information content (AvgIpc) is 2.90. The smallest absolute Gasteiger partial charge is 0.0434 e. The zero-order chi connectivity index (χ0) is 14.4. The Labute approximate surface area is 130 Å². The van der Waals surface area contributed by atoms with Crippen LogP contribution in [-0.2, 0) is 6.54 Å². The highest BCUT2D eigenvalue weighted by Gasteiger charge is 2.22. The molecule has 0 spiro atoms. The Morgan fingerprint density at radius 3 is 3.00 bits per heavy atom. The molecule has 0 saturated carbocycles. The average molecular weight is 341 g/mol. The van der Waals surface area contributed by atoms with Gasteiger partial charge in [-0.2, -0.15) is 0 Å². The zero-order valence-electron chi connectivity index (χ0n) is 12.2. The van der Waals surface area contributed by atoms with Gasteiger partial charge in [0.25, 0.3) is 0 Å². The second kappa shape index (κ2) is 8.01. The summed E-state index contributed by atoms with van der Waals surface area (Å²) >= 11 is 3.69. The number of nitrogens with zero attached hydrogens (tertiary/aromatic N) is 1. The second-order valence-electron chi connectivity index (χ2n) is 5.57. The van der Waals surface area contributed by atoms with Crippen LogP contribution < -0.4 is 10.2 Å². The third kappa shape index (κ3) is 4.21. The number of anilines is 1. The Balaban J connectivity index is 1.95. The first-order valence-electron chi connectivity index (χ1n) is 7.59. The third-order valence-electron chi connectivity index (χ3n) is 3.97. The molecule has 0 aromatic heterocycles. The number of rotatable bonds is 7. The number of nitrogens with one attached hydrogen (secondary N) is 1. The van der Waals surface area contributed by atoms with E-state index in [-0.39, 0.29) is 0 Å². The first-order valence-corrected chi connectivity index (χ1v) is 8.38. The van der Waals surface area contributed by atoms with Gasteiger partial charge in [0.2, 0.25) is 0 Å². The van der Waals surface area contributed by atoms with E-state index in [0.29, 0.717) is 12.5 Å². The van der Waals surface area contributed by atoms with Crippen molar-refractivity contribution in [3.05, 3.63) is 28.2 Å². The molecular formula is C16H25BrN2O. The number of hydrogen-bond acceptors (Lipinski definition) is 3. The van der Waals surface area contributed by atoms with E-state index in [1.165, 1.54) is 22.1 Å². The largest absolute Gasteiger partial charge is 0.396 e. The molecule has 1 atom stereocenters. The molecule has 1 aromatic rings. The molecule has 1 unspecified atom stereocenters. The van der Waals surface area contributed by atoms with Crippen LogP contribution in [-0.4, -0.2) is 31.3 Å². The summed E-state index contributed by atoms with van der Waals surface area (Å²) < 4.78 is 1.18. The van der Waals surface area contributed by atoms with Crippen LogP contribution in [0.4, 0.5) is 5.69 Å². The highest BCUT2D eigenvalue weighted by molar-refractivity contribution is 9.10. The highest BCUT2D eigenvalue weighted by atomic mass is 79.9. The lowest BCUT2D eigenvalue weighted by atomic mass is 10.1. The lowest BCUT2D eigenvalue weighted by Crippen LogP contribution is -2.20. The molecule has 1 aliphatic heterocycles. The van der Waals surface area contributed by atoms with Crippen LogP contribution in [0.15, 0.2) is 22.7 Å². The Kier molecular flexibility index (Phi) is 6.33. The lowest BCUT2D eigenvalue weighted by Gasteiger charge is -2.20. The predicted molar refractivity (Wildman–Crippen MR) is 88.2 cm³/mol. The molecule has 2 rings (SSSR count). The highest BCUT2D eigenvalue weighted by Crippen LogP contribution is 2.29. The normalized spacial score (nSPS) is 18.8. The fraction of sp³-hybridized carbons (Fsp3) is 0.625. The van der Waals surface area contributed by atoms with Crippen LogP contribution in [0.2, 0.25) is 0 Å². The minimum absolute atomic E-state index is 0.310. The maximum atomic E-state index is 9.03. The van der Waals surface area contributed by atoms with Gasteiger partial charge in [0.05, 0.1) is 0 Å². The molecule has 1 fully saturated rings. The summed E-state index contributed by atoms with van der Waals surface area (Å²) in [6.07, 6.45) is 3.28. The molecule has 1 aromatic carbocycles. The van der Waals surface area contributed by atoms with E-state index in [0.717, 1.165) is 39.0 Å². The van der Waals surface area contributed by atoms with Gasteiger partial charge in [-0.3, -0.25) is 0 Å². The van der Waals surface area contributed by atoms with Crippen LogP contribution in [0.1, 0.15) is 31.7 Å². The van der Waals surface area contributed by atoms with E-state index >= 15 is 0 Å². The summed E-state index contributed by atoms with van der Waals surface area (Å²) in [5.74, 6) is 0.643. The zero-order valence-corrected chi connectivity index (χ0v) is 13.8. The second-order valence-corrected chi connectivity index (χ2v) is 6.42. The van der Waals surface area contributed by atoms with E-state index in [1.54, 1.807) is 0 Å². The Morgan fingerprint density at radius 2 is 2.30 bits per heavy atom. The minimum atomic E-state index is 0.310. The number of aliphatic hydroxyl groups is 1. The molecule has 112 valence electrons. The summed E-state index contributed by atoms with van der Waals surface area (Å²) in [4.78, 5) is 2.42. The number of hydrogen-bond donors (Lipinski definition) is 2. The molecule has 1 saturated heterocycles. The summed E-state index contributed by atoms with van der Waals surface area (Å²) in [7, 11) is 0. The molecule has 2 N–H and O–H groups in total. The quantitative estimate of drug-likeness (QED) is 0.748. The van der Waals surface area contributed by atoms with Crippen molar-refractivity contribution in [3.8, 4) is 0 Å². The van der Waals surface area contributed by atoms with Gasteiger partial charge in [-0.1, -0.05) is 28.9 Å². The fourth-order valence-electron chi connectivity index (χ4n) is 2.76. The summed E-state index contributed by atoms with van der Waals surface area (Å²) in [5, 5.41) is 12.5. The number of benzene rings is 1. The molecule has 20 heavy (non-hydrogen) atoms. The van der Waals surface area contributed by atoms with Crippen LogP contribution in [0.25, 0.3) is 0 Å². The topological polar surface area (TPSA) is 35.5 Å². The van der Waals surface area contributed by atoms with Crippen LogP contribution in [0.5, 0.6) is 0 Å². The van der Waals surface area contributed by atoms with Crippen molar-refractivity contribution in [3.63, 3.8) is 0 Å². The monoisotopic (exact) mass is 340 g/mol. The van der Waals surface area contributed by atoms with E-state index in [9.17, 15) is 0 Å². The Hall–Kier alpha value is -0.580. The first-order chi connectivity index (χ1) is 9.74. The Bertz CT molecular complexity index is 425. The van der Waals surface area contributed by atoms with E-state index in [2.05, 4.69) is 51.3 Å². The summed E-state index contributed by atoms with van der Waals surface area (Å²) in [6, 6.07) is 6.65. The van der Waals surface area contributed by atoms with E-state index in [1.807, 2.05) is 0 Å². The van der Waals surface area contributed by atoms with Gasteiger partial charge in [-0.15, -0.1) is 0 Å². The van der Waals surface area contributed by atoms with Crippen LogP contribution >= 0.6 is 15.9 Å².